The first-order valence-electron chi connectivity index (χ1n) is 10.4. The maximum atomic E-state index is 13.1. The molecule has 0 aromatic heterocycles. The maximum Gasteiger partial charge on any atom is 0.325 e. The lowest BCUT2D eigenvalue weighted by molar-refractivity contribution is -0.135. The average Bonchev–Trinajstić information content (AvgIpc) is 3.26. The molecule has 31 heavy (non-hydrogen) atoms. The van der Waals surface area contributed by atoms with Gasteiger partial charge in [0.1, 0.15) is 30.2 Å². The summed E-state index contributed by atoms with van der Waals surface area (Å²) in [6.45, 7) is 2.70. The number of nitrogens with one attached hydrogen (secondary N) is 2. The van der Waals surface area contributed by atoms with Crippen molar-refractivity contribution in [3.63, 3.8) is 0 Å². The number of hydrogen-bond acceptors (Lipinski definition) is 5. The van der Waals surface area contributed by atoms with Gasteiger partial charge in [0.25, 0.3) is 5.91 Å². The van der Waals surface area contributed by atoms with E-state index >= 15 is 0 Å². The quantitative estimate of drug-likeness (QED) is 0.500. The Bertz CT molecular complexity index is 991. The lowest BCUT2D eigenvalue weighted by Gasteiger charge is -2.22. The van der Waals surface area contributed by atoms with Crippen molar-refractivity contribution in [1.82, 2.24) is 15.5 Å². The molecule has 8 heteroatoms. The zero-order valence-electron chi connectivity index (χ0n) is 17.3. The third-order valence-electron chi connectivity index (χ3n) is 5.55. The van der Waals surface area contributed by atoms with Crippen LogP contribution in [0.15, 0.2) is 48.5 Å². The number of fused-ring (bicyclic) bond motifs is 2. The molecule has 1 fully saturated rings. The first-order chi connectivity index (χ1) is 15.0. The third-order valence-corrected chi connectivity index (χ3v) is 5.55. The lowest BCUT2D eigenvalue weighted by atomic mass is 9.92. The van der Waals surface area contributed by atoms with Crippen molar-refractivity contribution in [2.24, 2.45) is 0 Å². The molecular formula is C23H25N3O5. The van der Waals surface area contributed by atoms with Gasteiger partial charge >= 0.3 is 6.03 Å². The van der Waals surface area contributed by atoms with E-state index in [0.717, 1.165) is 21.8 Å². The summed E-state index contributed by atoms with van der Waals surface area (Å²) >= 11 is 0. The van der Waals surface area contributed by atoms with Crippen LogP contribution in [0.5, 0.6) is 11.5 Å². The minimum atomic E-state index is -1.05. The van der Waals surface area contributed by atoms with Crippen molar-refractivity contribution >= 4 is 17.8 Å². The molecular weight excluding hydrogens is 398 g/mol. The van der Waals surface area contributed by atoms with Crippen molar-refractivity contribution in [2.45, 2.75) is 25.3 Å². The fourth-order valence-corrected chi connectivity index (χ4v) is 4.09. The highest BCUT2D eigenvalue weighted by Gasteiger charge is 2.55. The second kappa shape index (κ2) is 8.67. The Hall–Kier alpha value is -3.55. The minimum Gasteiger partial charge on any atom is -0.494 e. The molecule has 2 aliphatic rings. The molecule has 1 saturated heterocycles. The first-order valence-corrected chi connectivity index (χ1v) is 10.4. The Morgan fingerprint density at radius 2 is 1.81 bits per heavy atom. The van der Waals surface area contributed by atoms with Gasteiger partial charge in [-0.15, -0.1) is 0 Å². The van der Waals surface area contributed by atoms with E-state index in [4.69, 9.17) is 9.47 Å². The molecule has 4 rings (SSSR count). The number of urea groups is 1. The second-order valence-electron chi connectivity index (χ2n) is 7.49. The van der Waals surface area contributed by atoms with Crippen LogP contribution in [0, 0.1) is 0 Å². The van der Waals surface area contributed by atoms with E-state index < -0.39 is 17.5 Å². The second-order valence-corrected chi connectivity index (χ2v) is 7.49. The smallest absolute Gasteiger partial charge is 0.325 e. The van der Waals surface area contributed by atoms with Crippen molar-refractivity contribution < 1.29 is 23.9 Å². The summed E-state index contributed by atoms with van der Waals surface area (Å²) in [5, 5.41) is 5.50. The van der Waals surface area contributed by atoms with E-state index in [2.05, 4.69) is 10.6 Å². The maximum absolute atomic E-state index is 13.1. The Kier molecular flexibility index (Phi) is 5.79. The van der Waals surface area contributed by atoms with E-state index in [1.165, 1.54) is 0 Å². The van der Waals surface area contributed by atoms with Gasteiger partial charge in [0.2, 0.25) is 5.91 Å². The molecule has 8 nitrogen and oxygen atoms in total. The molecule has 0 saturated carbocycles. The van der Waals surface area contributed by atoms with E-state index in [0.29, 0.717) is 25.2 Å². The summed E-state index contributed by atoms with van der Waals surface area (Å²) in [6.07, 6.45) is 1.22. The summed E-state index contributed by atoms with van der Waals surface area (Å²) in [4.78, 5) is 38.8. The number of nitrogens with zero attached hydrogens (tertiary/aromatic N) is 1. The van der Waals surface area contributed by atoms with E-state index in [1.54, 1.807) is 12.1 Å². The molecule has 4 amide bonds. The summed E-state index contributed by atoms with van der Waals surface area (Å²) in [5.74, 6) is 0.637. The number of amides is 4. The molecule has 0 radical (unpaired) electrons. The van der Waals surface area contributed by atoms with Gasteiger partial charge in [0.15, 0.2) is 0 Å². The van der Waals surface area contributed by atoms with E-state index in [1.807, 2.05) is 43.3 Å². The number of carbonyl (C=O) groups excluding carboxylic acids is 3. The van der Waals surface area contributed by atoms with Gasteiger partial charge in [-0.25, -0.2) is 4.79 Å². The molecule has 1 spiro atoms. The van der Waals surface area contributed by atoms with Crippen molar-refractivity contribution in [2.75, 3.05) is 26.3 Å². The zero-order chi connectivity index (χ0) is 21.8. The highest BCUT2D eigenvalue weighted by molar-refractivity contribution is 6.09. The van der Waals surface area contributed by atoms with Crippen LogP contribution < -0.4 is 20.1 Å². The Morgan fingerprint density at radius 3 is 2.55 bits per heavy atom. The van der Waals surface area contributed by atoms with Gasteiger partial charge in [-0.1, -0.05) is 24.3 Å². The number of hydrogen-bond donors (Lipinski definition) is 2. The summed E-state index contributed by atoms with van der Waals surface area (Å²) in [6, 6.07) is 14.3. The van der Waals surface area contributed by atoms with E-state index in [-0.39, 0.29) is 25.6 Å². The van der Waals surface area contributed by atoms with Gasteiger partial charge in [0.05, 0.1) is 13.2 Å². The highest BCUT2D eigenvalue weighted by Crippen LogP contribution is 2.41. The molecule has 1 aliphatic carbocycles. The molecule has 2 aromatic carbocycles. The topological polar surface area (TPSA) is 97.0 Å². The van der Waals surface area contributed by atoms with Crippen LogP contribution in [0.3, 0.4) is 0 Å². The van der Waals surface area contributed by atoms with Crippen LogP contribution in [0.2, 0.25) is 0 Å². The standard InChI is InChI=1S/C23H25N3O5/c1-2-30-17-7-9-18(10-8-17)31-14-13-24-20(27)15-26-21(28)23(25-22(26)29)12-11-16-5-3-4-6-19(16)23/h3-10H,2,11-15H2,1H3,(H,24,27)(H,25,29). The minimum absolute atomic E-state index is 0.254. The molecule has 2 aromatic rings. The Labute approximate surface area is 180 Å². The molecule has 1 atom stereocenters. The SMILES string of the molecule is CCOc1ccc(OCCNC(=O)CN2C(=O)NC3(CCc4ccccc43)C2=O)cc1. The summed E-state index contributed by atoms with van der Waals surface area (Å²) < 4.78 is 11.0. The van der Waals surface area contributed by atoms with Crippen LogP contribution in [-0.2, 0) is 21.5 Å². The molecule has 0 bridgehead atoms. The number of aryl methyl sites for hydroxylation is 1. The lowest BCUT2D eigenvalue weighted by Crippen LogP contribution is -2.44. The normalized spacial score (nSPS) is 19.3. The zero-order valence-corrected chi connectivity index (χ0v) is 17.3. The van der Waals surface area contributed by atoms with E-state index in [9.17, 15) is 14.4 Å². The number of imide groups is 1. The molecule has 1 heterocycles. The van der Waals surface area contributed by atoms with Crippen LogP contribution in [-0.4, -0.2) is 49.0 Å². The molecule has 1 aliphatic heterocycles. The highest BCUT2D eigenvalue weighted by atomic mass is 16.5. The molecule has 2 N–H and O–H groups in total. The molecule has 162 valence electrons. The Morgan fingerprint density at radius 1 is 1.10 bits per heavy atom. The monoisotopic (exact) mass is 423 g/mol. The predicted octanol–water partition coefficient (Wildman–Crippen LogP) is 1.97. The average molecular weight is 423 g/mol. The number of ether oxygens (including phenoxy) is 2. The van der Waals surface area contributed by atoms with Gasteiger partial charge < -0.3 is 20.1 Å². The largest absolute Gasteiger partial charge is 0.494 e. The third kappa shape index (κ3) is 4.05. The summed E-state index contributed by atoms with van der Waals surface area (Å²) in [5.41, 5.74) is 0.818. The number of rotatable bonds is 8. The number of carbonyl (C=O) groups is 3. The van der Waals surface area contributed by atoms with Gasteiger partial charge in [0, 0.05) is 0 Å². The van der Waals surface area contributed by atoms with Crippen molar-refractivity contribution in [1.29, 1.82) is 0 Å². The van der Waals surface area contributed by atoms with Gasteiger partial charge in [-0.3, -0.25) is 14.5 Å². The Balaban J connectivity index is 1.27. The van der Waals surface area contributed by atoms with Crippen LogP contribution in [0.25, 0.3) is 0 Å². The number of benzene rings is 2. The van der Waals surface area contributed by atoms with Crippen LogP contribution in [0.4, 0.5) is 4.79 Å². The van der Waals surface area contributed by atoms with Crippen LogP contribution in [0.1, 0.15) is 24.5 Å². The van der Waals surface area contributed by atoms with Crippen molar-refractivity contribution in [3.05, 3.63) is 59.7 Å². The first kappa shape index (κ1) is 20.7. The van der Waals surface area contributed by atoms with Crippen molar-refractivity contribution in [3.8, 4) is 11.5 Å². The summed E-state index contributed by atoms with van der Waals surface area (Å²) in [7, 11) is 0. The predicted molar refractivity (Wildman–Crippen MR) is 113 cm³/mol. The fraction of sp³-hybridized carbons (Fsp3) is 0.348. The molecule has 1 unspecified atom stereocenters. The van der Waals surface area contributed by atoms with Gasteiger partial charge in [-0.05, 0) is 55.2 Å². The van der Waals surface area contributed by atoms with Crippen LogP contribution >= 0.6 is 0 Å². The fourth-order valence-electron chi connectivity index (χ4n) is 4.09. The van der Waals surface area contributed by atoms with Gasteiger partial charge in [-0.2, -0.15) is 0 Å².